The molecule has 2 rings (SSSR count). The van der Waals surface area contributed by atoms with Gasteiger partial charge in [0.25, 0.3) is 0 Å². The smallest absolute Gasteiger partial charge is 0.343 e. The zero-order valence-electron chi connectivity index (χ0n) is 17.3. The summed E-state index contributed by atoms with van der Waals surface area (Å²) >= 11 is 0. The van der Waals surface area contributed by atoms with E-state index in [2.05, 4.69) is 6.92 Å². The molecule has 0 aromatic heterocycles. The first kappa shape index (κ1) is 22.8. The molecule has 2 nitrogen and oxygen atoms in total. The predicted molar refractivity (Wildman–Crippen MR) is 114 cm³/mol. The molecule has 0 heterocycles. The van der Waals surface area contributed by atoms with Gasteiger partial charge >= 0.3 is 5.97 Å². The largest absolute Gasteiger partial charge is 0.423 e. The van der Waals surface area contributed by atoms with Gasteiger partial charge in [0.2, 0.25) is 0 Å². The van der Waals surface area contributed by atoms with Gasteiger partial charge in [-0.25, -0.2) is 13.6 Å². The number of hydrogen-bond donors (Lipinski definition) is 0. The highest BCUT2D eigenvalue weighted by Gasteiger charge is 2.12. The van der Waals surface area contributed by atoms with Crippen molar-refractivity contribution in [2.24, 2.45) is 0 Å². The van der Waals surface area contributed by atoms with Crippen LogP contribution in [0.2, 0.25) is 0 Å². The summed E-state index contributed by atoms with van der Waals surface area (Å²) in [5, 5.41) is 0. The molecule has 29 heavy (non-hydrogen) atoms. The van der Waals surface area contributed by atoms with E-state index in [0.717, 1.165) is 12.8 Å². The maximum Gasteiger partial charge on any atom is 0.343 e. The van der Waals surface area contributed by atoms with E-state index in [9.17, 15) is 13.6 Å². The first-order chi connectivity index (χ1) is 14.0. The highest BCUT2D eigenvalue weighted by atomic mass is 19.2. The summed E-state index contributed by atoms with van der Waals surface area (Å²) in [5.74, 6) is -1.71. The maximum absolute atomic E-state index is 14.0. The Labute approximate surface area is 172 Å². The number of aryl methyl sites for hydroxylation is 1. The minimum atomic E-state index is -0.878. The second-order valence-corrected chi connectivity index (χ2v) is 7.24. The highest BCUT2D eigenvalue weighted by Crippen LogP contribution is 2.25. The van der Waals surface area contributed by atoms with Crippen molar-refractivity contribution in [3.8, 4) is 5.75 Å². The second-order valence-electron chi connectivity index (χ2n) is 7.24. The lowest BCUT2D eigenvalue weighted by Crippen LogP contribution is -2.08. The van der Waals surface area contributed by atoms with Gasteiger partial charge in [-0.3, -0.25) is 0 Å². The molecule has 0 aliphatic rings. The maximum atomic E-state index is 14.0. The summed E-state index contributed by atoms with van der Waals surface area (Å²) in [5.41, 5.74) is 1.63. The molecule has 0 radical (unpaired) electrons. The number of unbranched alkanes of at least 4 members (excludes halogenated alkanes) is 4. The fraction of sp³-hybridized carbons (Fsp3) is 0.400. The molecule has 0 saturated heterocycles. The molecule has 0 spiro atoms. The Morgan fingerprint density at radius 1 is 0.793 bits per heavy atom. The van der Waals surface area contributed by atoms with E-state index in [1.165, 1.54) is 55.5 Å². The van der Waals surface area contributed by atoms with E-state index in [1.54, 1.807) is 19.1 Å². The number of allylic oxidation sites excluding steroid dienone is 1. The van der Waals surface area contributed by atoms with Gasteiger partial charge < -0.3 is 4.74 Å². The van der Waals surface area contributed by atoms with E-state index in [-0.39, 0.29) is 17.5 Å². The molecule has 0 bridgehead atoms. The van der Waals surface area contributed by atoms with E-state index in [0.29, 0.717) is 12.2 Å². The van der Waals surface area contributed by atoms with Gasteiger partial charge in [0.1, 0.15) is 11.6 Å². The van der Waals surface area contributed by atoms with Crippen molar-refractivity contribution in [3.05, 3.63) is 71.0 Å². The lowest BCUT2D eigenvalue weighted by Gasteiger charge is -2.07. The molecule has 0 aliphatic carbocycles. The van der Waals surface area contributed by atoms with Crippen LogP contribution in [0.1, 0.15) is 80.3 Å². The Morgan fingerprint density at radius 3 is 2.03 bits per heavy atom. The molecule has 2 aromatic carbocycles. The highest BCUT2D eigenvalue weighted by molar-refractivity contribution is 5.91. The summed E-state index contributed by atoms with van der Waals surface area (Å²) in [7, 11) is 0. The first-order valence-electron chi connectivity index (χ1n) is 10.5. The average molecular weight is 401 g/mol. The summed E-state index contributed by atoms with van der Waals surface area (Å²) in [6, 6.07) is 13.2. The van der Waals surface area contributed by atoms with Gasteiger partial charge in [-0.2, -0.15) is 0 Å². The lowest BCUT2D eigenvalue weighted by molar-refractivity contribution is 0.0734. The third-order valence-corrected chi connectivity index (χ3v) is 4.78. The van der Waals surface area contributed by atoms with Gasteiger partial charge in [0, 0.05) is 12.0 Å². The molecule has 0 amide bonds. The van der Waals surface area contributed by atoms with Crippen LogP contribution in [0.3, 0.4) is 0 Å². The second kappa shape index (κ2) is 12.2. The third-order valence-electron chi connectivity index (χ3n) is 4.78. The van der Waals surface area contributed by atoms with E-state index < -0.39 is 17.6 Å². The molecule has 0 aliphatic heterocycles. The van der Waals surface area contributed by atoms with Crippen LogP contribution in [0.25, 0.3) is 5.83 Å². The minimum absolute atomic E-state index is 0.0599. The van der Waals surface area contributed by atoms with Crippen molar-refractivity contribution in [3.63, 3.8) is 0 Å². The summed E-state index contributed by atoms with van der Waals surface area (Å²) < 4.78 is 33.0. The van der Waals surface area contributed by atoms with Gasteiger partial charge in [-0.1, -0.05) is 63.8 Å². The summed E-state index contributed by atoms with van der Waals surface area (Å²) in [4.78, 5) is 12.3. The number of ether oxygens (including phenoxy) is 1. The normalized spacial score (nSPS) is 11.9. The number of rotatable bonds is 11. The fourth-order valence-corrected chi connectivity index (χ4v) is 3.06. The average Bonchev–Trinajstić information content (AvgIpc) is 2.74. The van der Waals surface area contributed by atoms with Crippen molar-refractivity contribution >= 4 is 11.8 Å². The Morgan fingerprint density at radius 2 is 1.41 bits per heavy atom. The zero-order valence-corrected chi connectivity index (χ0v) is 17.3. The summed E-state index contributed by atoms with van der Waals surface area (Å²) in [6.45, 7) is 3.99. The van der Waals surface area contributed by atoms with Crippen molar-refractivity contribution < 1.29 is 18.3 Å². The van der Waals surface area contributed by atoms with Crippen LogP contribution in [0, 0.1) is 0 Å². The van der Waals surface area contributed by atoms with Gasteiger partial charge in [0.15, 0.2) is 5.83 Å². The Balaban J connectivity index is 1.90. The van der Waals surface area contributed by atoms with E-state index in [1.807, 2.05) is 12.1 Å². The monoisotopic (exact) mass is 400 g/mol. The molecule has 0 fully saturated rings. The van der Waals surface area contributed by atoms with Crippen LogP contribution < -0.4 is 4.74 Å². The quantitative estimate of drug-likeness (QED) is 0.218. The Kier molecular flexibility index (Phi) is 9.55. The molecule has 0 atom stereocenters. The number of benzene rings is 2. The number of carbonyl (C=O) groups is 1. The van der Waals surface area contributed by atoms with Crippen LogP contribution >= 0.6 is 0 Å². The molecule has 156 valence electrons. The lowest BCUT2D eigenvalue weighted by atomic mass is 10.1. The molecule has 0 saturated carbocycles. The van der Waals surface area contributed by atoms with Crippen LogP contribution in [0.4, 0.5) is 8.78 Å². The molecule has 0 unspecified atom stereocenters. The SMILES string of the molecule is CCCCCCCc1ccc(OC(=O)c2ccc(/C(F)=C(\F)CCC)cc2)cc1. The van der Waals surface area contributed by atoms with Crippen molar-refractivity contribution in [1.82, 2.24) is 0 Å². The molecule has 0 N–H and O–H groups in total. The molecule has 2 aromatic rings. The Hall–Kier alpha value is -2.49. The number of halogens is 2. The minimum Gasteiger partial charge on any atom is -0.423 e. The topological polar surface area (TPSA) is 26.3 Å². The molecular weight excluding hydrogens is 370 g/mol. The fourth-order valence-electron chi connectivity index (χ4n) is 3.06. The van der Waals surface area contributed by atoms with Crippen molar-refractivity contribution in [2.75, 3.05) is 0 Å². The summed E-state index contributed by atoms with van der Waals surface area (Å²) in [6.07, 6.45) is 7.80. The van der Waals surface area contributed by atoms with Gasteiger partial charge in [-0.05, 0) is 49.1 Å². The van der Waals surface area contributed by atoms with Crippen LogP contribution in [-0.4, -0.2) is 5.97 Å². The van der Waals surface area contributed by atoms with Crippen molar-refractivity contribution in [1.29, 1.82) is 0 Å². The predicted octanol–water partition coefficient (Wildman–Crippen LogP) is 7.83. The van der Waals surface area contributed by atoms with Crippen LogP contribution in [-0.2, 0) is 6.42 Å². The van der Waals surface area contributed by atoms with Gasteiger partial charge in [0.05, 0.1) is 5.56 Å². The standard InChI is InChI=1S/C25H30F2O2/c1-3-5-6-7-8-10-19-11-17-22(18-12-19)29-25(28)21-15-13-20(14-16-21)24(27)23(26)9-4-2/h11-18H,3-10H2,1-2H3/b24-23+. The van der Waals surface area contributed by atoms with Gasteiger partial charge in [-0.15, -0.1) is 0 Å². The number of esters is 1. The van der Waals surface area contributed by atoms with Crippen LogP contribution in [0.15, 0.2) is 54.4 Å². The van der Waals surface area contributed by atoms with E-state index in [4.69, 9.17) is 4.74 Å². The molecular formula is C25H30F2O2. The van der Waals surface area contributed by atoms with Crippen molar-refractivity contribution in [2.45, 2.75) is 65.2 Å². The third kappa shape index (κ3) is 7.45. The first-order valence-corrected chi connectivity index (χ1v) is 10.5. The molecule has 4 heteroatoms. The zero-order chi connectivity index (χ0) is 21.1. The van der Waals surface area contributed by atoms with Crippen LogP contribution in [0.5, 0.6) is 5.75 Å². The number of carbonyl (C=O) groups excluding carboxylic acids is 1. The Bertz CT molecular complexity index is 793. The number of hydrogen-bond acceptors (Lipinski definition) is 2. The van der Waals surface area contributed by atoms with E-state index >= 15 is 0 Å².